The van der Waals surface area contributed by atoms with Crippen LogP contribution in [0.25, 0.3) is 11.5 Å². The smallest absolute Gasteiger partial charge is 0.415 e. The Morgan fingerprint density at radius 1 is 1.19 bits per heavy atom. The van der Waals surface area contributed by atoms with Gasteiger partial charge in [-0.2, -0.15) is 22.0 Å². The summed E-state index contributed by atoms with van der Waals surface area (Å²) in [5.74, 6) is -1.75. The Balaban J connectivity index is 1.93. The molecule has 0 unspecified atom stereocenters. The maximum Gasteiger partial charge on any atom is 0.416 e. The molecule has 0 spiro atoms. The fourth-order valence-electron chi connectivity index (χ4n) is 2.98. The second kappa shape index (κ2) is 8.75. The van der Waals surface area contributed by atoms with Crippen LogP contribution in [0.2, 0.25) is 0 Å². The van der Waals surface area contributed by atoms with Crippen LogP contribution in [0, 0.1) is 0 Å². The molecule has 162 valence electrons. The first-order chi connectivity index (χ1) is 14.6. The molecule has 3 rings (SSSR count). The Bertz CT molecular complexity index is 1120. The van der Waals surface area contributed by atoms with Crippen LogP contribution < -0.4 is 0 Å². The molecule has 0 saturated carbocycles. The summed E-state index contributed by atoms with van der Waals surface area (Å²) in [7, 11) is 0. The molecular weight excluding hydrogens is 421 g/mol. The molecule has 10 heteroatoms. The van der Waals surface area contributed by atoms with E-state index < -0.39 is 29.8 Å². The van der Waals surface area contributed by atoms with Crippen LogP contribution in [0.1, 0.15) is 46.4 Å². The van der Waals surface area contributed by atoms with Crippen molar-refractivity contribution in [2.24, 2.45) is 0 Å². The van der Waals surface area contributed by atoms with E-state index in [2.05, 4.69) is 21.8 Å². The molecule has 0 radical (unpaired) electrons. The van der Waals surface area contributed by atoms with E-state index in [0.29, 0.717) is 12.1 Å². The minimum Gasteiger partial charge on any atom is -0.415 e. The zero-order valence-corrected chi connectivity index (χ0v) is 16.2. The average Bonchev–Trinajstić information content (AvgIpc) is 3.23. The second-order valence-corrected chi connectivity index (χ2v) is 6.58. The van der Waals surface area contributed by atoms with Gasteiger partial charge in [0.05, 0.1) is 16.8 Å². The Hall–Kier alpha value is -3.43. The summed E-state index contributed by atoms with van der Waals surface area (Å²) >= 11 is 0. The van der Waals surface area contributed by atoms with Gasteiger partial charge < -0.3 is 4.42 Å². The Labute approximate surface area is 173 Å². The predicted molar refractivity (Wildman–Crippen MR) is 100 cm³/mol. The van der Waals surface area contributed by atoms with Gasteiger partial charge in [-0.15, -0.1) is 10.2 Å². The van der Waals surface area contributed by atoms with Gasteiger partial charge in [-0.25, -0.2) is 0 Å². The number of rotatable bonds is 7. The molecular formula is C21H16F5N3O2. The third-order valence-electron chi connectivity index (χ3n) is 4.47. The quantitative estimate of drug-likeness (QED) is 0.272. The largest absolute Gasteiger partial charge is 0.416 e. The molecule has 0 bridgehead atoms. The molecule has 2 heterocycles. The number of aryl methyl sites for hydroxylation is 1. The number of allylic oxidation sites excluding steroid dienone is 1. The Kier molecular flexibility index (Phi) is 6.28. The number of alkyl halides is 5. The fraction of sp³-hybridized carbons (Fsp3) is 0.238. The number of carbonyl (C=O) groups excluding carboxylic acids is 1. The summed E-state index contributed by atoms with van der Waals surface area (Å²) in [6, 6.07) is 6.25. The number of benzene rings is 1. The van der Waals surface area contributed by atoms with Crippen molar-refractivity contribution in [1.29, 1.82) is 0 Å². The third kappa shape index (κ3) is 4.84. The molecule has 3 aromatic rings. The summed E-state index contributed by atoms with van der Waals surface area (Å²) in [5.41, 5.74) is -0.447. The number of hydrogen-bond acceptors (Lipinski definition) is 5. The second-order valence-electron chi connectivity index (χ2n) is 6.58. The van der Waals surface area contributed by atoms with E-state index >= 15 is 0 Å². The standard InChI is InChI=1S/C21H16F5N3O2/c1-3-16-14(9-13(10-27-16)19-28-29-20(31-19)18(22)23)17(30)11(2)8-12-6-4-5-7-15(12)21(24,25)26/h4-7,9-10,18H,2-3,8H2,1H3. The van der Waals surface area contributed by atoms with E-state index in [1.807, 2.05) is 0 Å². The maximum atomic E-state index is 13.2. The molecule has 2 aromatic heterocycles. The molecule has 0 aliphatic rings. The zero-order valence-electron chi connectivity index (χ0n) is 16.2. The first kappa shape index (κ1) is 22.3. The molecule has 5 nitrogen and oxygen atoms in total. The summed E-state index contributed by atoms with van der Waals surface area (Å²) in [4.78, 5) is 17.1. The first-order valence-electron chi connectivity index (χ1n) is 9.10. The van der Waals surface area contributed by atoms with Gasteiger partial charge in [-0.1, -0.05) is 31.7 Å². The summed E-state index contributed by atoms with van der Waals surface area (Å²) in [5, 5.41) is 6.75. The minimum absolute atomic E-state index is 0.0753. The van der Waals surface area contributed by atoms with E-state index in [0.717, 1.165) is 6.07 Å². The van der Waals surface area contributed by atoms with Crippen LogP contribution in [0.15, 0.2) is 53.1 Å². The minimum atomic E-state index is -4.57. The van der Waals surface area contributed by atoms with E-state index in [1.165, 1.54) is 30.5 Å². The van der Waals surface area contributed by atoms with Gasteiger partial charge in [-0.3, -0.25) is 9.78 Å². The fourth-order valence-corrected chi connectivity index (χ4v) is 2.98. The highest BCUT2D eigenvalue weighted by Gasteiger charge is 2.33. The van der Waals surface area contributed by atoms with Crippen molar-refractivity contribution in [2.45, 2.75) is 32.4 Å². The lowest BCUT2D eigenvalue weighted by molar-refractivity contribution is -0.138. The zero-order chi connectivity index (χ0) is 22.8. The Morgan fingerprint density at radius 2 is 1.90 bits per heavy atom. The van der Waals surface area contributed by atoms with Crippen molar-refractivity contribution >= 4 is 5.78 Å². The SMILES string of the molecule is C=C(Cc1ccccc1C(F)(F)F)C(=O)c1cc(-c2nnc(C(F)F)o2)cnc1CC. The van der Waals surface area contributed by atoms with E-state index in [-0.39, 0.29) is 34.6 Å². The van der Waals surface area contributed by atoms with E-state index in [4.69, 9.17) is 4.42 Å². The lowest BCUT2D eigenvalue weighted by Crippen LogP contribution is -2.13. The van der Waals surface area contributed by atoms with Crippen LogP contribution in [0.5, 0.6) is 0 Å². The molecule has 0 fully saturated rings. The molecule has 31 heavy (non-hydrogen) atoms. The first-order valence-corrected chi connectivity index (χ1v) is 9.10. The summed E-state index contributed by atoms with van der Waals surface area (Å²) in [6.45, 7) is 5.40. The van der Waals surface area contributed by atoms with Gasteiger partial charge in [0.25, 0.3) is 5.89 Å². The van der Waals surface area contributed by atoms with Gasteiger partial charge in [-0.05, 0) is 29.7 Å². The van der Waals surface area contributed by atoms with Crippen molar-refractivity contribution in [3.8, 4) is 11.5 Å². The number of pyridine rings is 1. The van der Waals surface area contributed by atoms with Crippen LogP contribution in [0.4, 0.5) is 22.0 Å². The van der Waals surface area contributed by atoms with Gasteiger partial charge in [0.2, 0.25) is 5.89 Å². The van der Waals surface area contributed by atoms with E-state index in [1.54, 1.807) is 6.92 Å². The molecule has 1 aromatic carbocycles. The molecule has 0 saturated heterocycles. The van der Waals surface area contributed by atoms with Crippen molar-refractivity contribution < 1.29 is 31.2 Å². The van der Waals surface area contributed by atoms with Crippen molar-refractivity contribution in [2.75, 3.05) is 0 Å². The van der Waals surface area contributed by atoms with Gasteiger partial charge in [0.1, 0.15) is 0 Å². The van der Waals surface area contributed by atoms with Crippen molar-refractivity contribution in [3.63, 3.8) is 0 Å². The van der Waals surface area contributed by atoms with Crippen LogP contribution >= 0.6 is 0 Å². The third-order valence-corrected chi connectivity index (χ3v) is 4.47. The Morgan fingerprint density at radius 3 is 2.52 bits per heavy atom. The van der Waals surface area contributed by atoms with Crippen LogP contribution in [0.3, 0.4) is 0 Å². The maximum absolute atomic E-state index is 13.2. The number of halogens is 5. The number of ketones is 1. The normalized spacial score (nSPS) is 11.7. The highest BCUT2D eigenvalue weighted by Crippen LogP contribution is 2.33. The van der Waals surface area contributed by atoms with Crippen LogP contribution in [-0.2, 0) is 19.0 Å². The average molecular weight is 437 g/mol. The number of Topliss-reactive ketones (excluding diaryl/α,β-unsaturated/α-hetero) is 1. The van der Waals surface area contributed by atoms with Gasteiger partial charge >= 0.3 is 12.6 Å². The van der Waals surface area contributed by atoms with E-state index in [9.17, 15) is 26.7 Å². The monoisotopic (exact) mass is 437 g/mol. The highest BCUT2D eigenvalue weighted by molar-refractivity contribution is 6.09. The summed E-state index contributed by atoms with van der Waals surface area (Å²) in [6.07, 6.45) is -6.22. The molecule has 0 aliphatic heterocycles. The number of nitrogens with zero attached hydrogens (tertiary/aromatic N) is 3. The van der Waals surface area contributed by atoms with Gasteiger partial charge in [0, 0.05) is 18.2 Å². The van der Waals surface area contributed by atoms with Gasteiger partial charge in [0.15, 0.2) is 5.78 Å². The number of carbonyl (C=O) groups is 1. The number of aromatic nitrogens is 3. The van der Waals surface area contributed by atoms with Crippen molar-refractivity contribution in [1.82, 2.24) is 15.2 Å². The topological polar surface area (TPSA) is 68.9 Å². The highest BCUT2D eigenvalue weighted by atomic mass is 19.4. The predicted octanol–water partition coefficient (Wildman–Crippen LogP) is 5.63. The molecule has 0 atom stereocenters. The summed E-state index contributed by atoms with van der Waals surface area (Å²) < 4.78 is 70.0. The lowest BCUT2D eigenvalue weighted by Gasteiger charge is -2.14. The molecule has 0 amide bonds. The van der Waals surface area contributed by atoms with Crippen LogP contribution in [-0.4, -0.2) is 21.0 Å². The lowest BCUT2D eigenvalue weighted by atomic mass is 9.93. The number of hydrogen-bond donors (Lipinski definition) is 0. The molecule has 0 N–H and O–H groups in total. The molecule has 0 aliphatic carbocycles. The van der Waals surface area contributed by atoms with Crippen molar-refractivity contribution in [3.05, 3.63) is 77.0 Å².